The number of imidazole rings is 1. The molecular weight excluding hydrogens is 635 g/mol. The van der Waals surface area contributed by atoms with Gasteiger partial charge in [-0.3, -0.25) is 5.01 Å². The van der Waals surface area contributed by atoms with Gasteiger partial charge in [-0.25, -0.2) is 4.57 Å². The first-order valence-corrected chi connectivity index (χ1v) is 19.8. The van der Waals surface area contributed by atoms with Gasteiger partial charge in [0.15, 0.2) is 5.84 Å². The van der Waals surface area contributed by atoms with Gasteiger partial charge in [-0.2, -0.15) is 9.67 Å². The van der Waals surface area contributed by atoms with Crippen LogP contribution >= 0.6 is 0 Å². The van der Waals surface area contributed by atoms with E-state index in [0.29, 0.717) is 23.8 Å². The Balaban J connectivity index is 1.33. The summed E-state index contributed by atoms with van der Waals surface area (Å²) in [4.78, 5) is 2.54. The van der Waals surface area contributed by atoms with E-state index < -0.39 is 0 Å². The van der Waals surface area contributed by atoms with Crippen LogP contribution in [-0.2, 0) is 18.4 Å². The zero-order valence-electron chi connectivity index (χ0n) is 32.7. The third-order valence-electron chi connectivity index (χ3n) is 12.6. The van der Waals surface area contributed by atoms with Crippen molar-refractivity contribution in [2.45, 2.75) is 118 Å². The second-order valence-corrected chi connectivity index (χ2v) is 16.3. The molecule has 0 amide bonds. The van der Waals surface area contributed by atoms with Gasteiger partial charge < -0.3 is 4.90 Å². The first kappa shape index (κ1) is 34.4. The standard InChI is InChI=1S/C47H56N5/c1-10-47(11-2)36(29-35-19-16-25-41-40-21-14-15-22-42(40)45-48-52(32(7)8)33(9)51(45)43(35)41)28-34-18-12-13-20-39(34)46-49(26-27-50(46)47)44-37(30(3)4)23-17-24-38(44)31(5)6/h12-27,30-33,36H,10-11,28-29H2,1-9H3/q+1. The number of para-hydroxylation sites is 2. The minimum atomic E-state index is -0.0861. The molecule has 2 atom stereocenters. The van der Waals surface area contributed by atoms with Crippen LogP contribution in [-0.4, -0.2) is 27.6 Å². The lowest BCUT2D eigenvalue weighted by Gasteiger charge is -2.39. The van der Waals surface area contributed by atoms with Crippen LogP contribution in [0, 0.1) is 5.92 Å². The molecule has 268 valence electrons. The molecule has 52 heavy (non-hydrogen) atoms. The molecule has 5 nitrogen and oxygen atoms in total. The summed E-state index contributed by atoms with van der Waals surface area (Å²) in [6.07, 6.45) is 9.04. The molecule has 0 radical (unpaired) electrons. The highest BCUT2D eigenvalue weighted by Crippen LogP contribution is 2.48. The van der Waals surface area contributed by atoms with Gasteiger partial charge in [-0.05, 0) is 81.0 Å². The fourth-order valence-electron chi connectivity index (χ4n) is 9.97. The Bertz CT molecular complexity index is 2140. The van der Waals surface area contributed by atoms with Crippen molar-refractivity contribution in [1.29, 1.82) is 0 Å². The highest BCUT2D eigenvalue weighted by Gasteiger charge is 2.49. The Morgan fingerprint density at radius 1 is 0.731 bits per heavy atom. The van der Waals surface area contributed by atoms with Gasteiger partial charge in [0.2, 0.25) is 0 Å². The summed E-state index contributed by atoms with van der Waals surface area (Å²) in [5, 5.41) is 7.58. The number of fused-ring (bicyclic) bond motifs is 9. The van der Waals surface area contributed by atoms with Gasteiger partial charge in [0.25, 0.3) is 5.82 Å². The van der Waals surface area contributed by atoms with E-state index in [4.69, 9.17) is 5.10 Å². The molecule has 4 aromatic carbocycles. The van der Waals surface area contributed by atoms with Crippen molar-refractivity contribution in [3.05, 3.63) is 125 Å². The second kappa shape index (κ2) is 13.1. The lowest BCUT2D eigenvalue weighted by atomic mass is 9.72. The number of hydrogen-bond donors (Lipinski definition) is 0. The molecule has 0 spiro atoms. The van der Waals surface area contributed by atoms with E-state index in [1.807, 2.05) is 0 Å². The van der Waals surface area contributed by atoms with Crippen LogP contribution in [0.15, 0.2) is 102 Å². The Labute approximate surface area is 311 Å². The van der Waals surface area contributed by atoms with Crippen molar-refractivity contribution >= 4 is 11.5 Å². The van der Waals surface area contributed by atoms with Crippen molar-refractivity contribution in [2.75, 3.05) is 4.90 Å². The van der Waals surface area contributed by atoms with Crippen molar-refractivity contribution < 1.29 is 4.57 Å². The normalized spacial score (nSPS) is 18.6. The molecular formula is C47H56N5+. The van der Waals surface area contributed by atoms with Gasteiger partial charge in [0, 0.05) is 34.2 Å². The summed E-state index contributed by atoms with van der Waals surface area (Å²) in [6.45, 7) is 21.0. The Hall–Kier alpha value is -4.64. The van der Waals surface area contributed by atoms with E-state index in [-0.39, 0.29) is 11.7 Å². The molecule has 3 aliphatic heterocycles. The molecule has 0 saturated heterocycles. The van der Waals surface area contributed by atoms with Crippen LogP contribution < -0.4 is 9.47 Å². The van der Waals surface area contributed by atoms with Gasteiger partial charge in [0.05, 0.1) is 11.3 Å². The molecule has 2 unspecified atom stereocenters. The average Bonchev–Trinajstić information content (AvgIpc) is 3.71. The monoisotopic (exact) mass is 690 g/mol. The zero-order valence-corrected chi connectivity index (χ0v) is 32.7. The molecule has 0 saturated carbocycles. The van der Waals surface area contributed by atoms with Crippen LogP contribution in [0.25, 0.3) is 28.2 Å². The number of aromatic nitrogens is 2. The average molecular weight is 691 g/mol. The van der Waals surface area contributed by atoms with Crippen LogP contribution in [0.5, 0.6) is 0 Å². The van der Waals surface area contributed by atoms with Crippen LogP contribution in [0.4, 0.5) is 5.69 Å². The van der Waals surface area contributed by atoms with Gasteiger partial charge >= 0.3 is 0 Å². The van der Waals surface area contributed by atoms with Gasteiger partial charge in [0.1, 0.15) is 29.8 Å². The third kappa shape index (κ3) is 5.09. The number of hydrazone groups is 1. The molecule has 0 bridgehead atoms. The van der Waals surface area contributed by atoms with Crippen LogP contribution in [0.3, 0.4) is 0 Å². The second-order valence-electron chi connectivity index (χ2n) is 16.3. The van der Waals surface area contributed by atoms with E-state index >= 15 is 0 Å². The molecule has 1 aromatic heterocycles. The van der Waals surface area contributed by atoms with Gasteiger partial charge in [-0.1, -0.05) is 120 Å². The topological polar surface area (TPSA) is 27.6 Å². The van der Waals surface area contributed by atoms with E-state index in [0.717, 1.165) is 31.5 Å². The molecule has 0 N–H and O–H groups in total. The van der Waals surface area contributed by atoms with Crippen molar-refractivity contribution in [1.82, 2.24) is 9.58 Å². The minimum absolute atomic E-state index is 0.0861. The first-order chi connectivity index (χ1) is 25.1. The number of hydrogen-bond acceptors (Lipinski definition) is 3. The van der Waals surface area contributed by atoms with Crippen molar-refractivity contribution in [3.8, 4) is 28.2 Å². The van der Waals surface area contributed by atoms with E-state index in [1.165, 1.54) is 61.7 Å². The quantitative estimate of drug-likeness (QED) is 0.152. The summed E-state index contributed by atoms with van der Waals surface area (Å²) < 4.78 is 5.27. The van der Waals surface area contributed by atoms with E-state index in [1.54, 1.807) is 0 Å². The largest absolute Gasteiger partial charge is 0.301 e. The molecule has 5 heteroatoms. The molecule has 3 aliphatic rings. The maximum Gasteiger partial charge on any atom is 0.294 e. The number of benzene rings is 4. The SMILES string of the molecule is CCC1(CC)C(Cc2cccc3c2N2C(=NN(C(C)C)C2C)c2ccccc2-3)Cc2ccccc2-c2n(-c3c(C(C)C)cccc3C(C)C)cc[n+]21. The Morgan fingerprint density at radius 2 is 1.35 bits per heavy atom. The van der Waals surface area contributed by atoms with Crippen LogP contribution in [0.2, 0.25) is 0 Å². The van der Waals surface area contributed by atoms with Crippen molar-refractivity contribution in [2.24, 2.45) is 11.0 Å². The summed E-state index contributed by atoms with van der Waals surface area (Å²) >= 11 is 0. The lowest BCUT2D eigenvalue weighted by Crippen LogP contribution is -2.60. The minimum Gasteiger partial charge on any atom is -0.301 e. The first-order valence-electron chi connectivity index (χ1n) is 19.8. The number of rotatable bonds is 8. The summed E-state index contributed by atoms with van der Waals surface area (Å²) in [5.41, 5.74) is 13.5. The Kier molecular flexibility index (Phi) is 8.67. The van der Waals surface area contributed by atoms with Gasteiger partial charge in [-0.15, -0.1) is 0 Å². The lowest BCUT2D eigenvalue weighted by molar-refractivity contribution is -0.763. The predicted molar refractivity (Wildman–Crippen MR) is 216 cm³/mol. The highest BCUT2D eigenvalue weighted by molar-refractivity contribution is 6.20. The fraction of sp³-hybridized carbons (Fsp3) is 0.404. The third-order valence-corrected chi connectivity index (χ3v) is 12.6. The summed E-state index contributed by atoms with van der Waals surface area (Å²) in [5.74, 6) is 3.60. The molecule has 4 heterocycles. The van der Waals surface area contributed by atoms with E-state index in [9.17, 15) is 0 Å². The maximum absolute atomic E-state index is 5.29. The van der Waals surface area contributed by atoms with Crippen LogP contribution in [0.1, 0.15) is 115 Å². The Morgan fingerprint density at radius 3 is 2.00 bits per heavy atom. The number of nitrogens with zero attached hydrogens (tertiary/aromatic N) is 5. The summed E-state index contributed by atoms with van der Waals surface area (Å²) in [7, 11) is 0. The van der Waals surface area contributed by atoms with E-state index in [2.05, 4.69) is 179 Å². The molecule has 0 fully saturated rings. The maximum atomic E-state index is 5.29. The van der Waals surface area contributed by atoms with Crippen molar-refractivity contribution in [3.63, 3.8) is 0 Å². The predicted octanol–water partition coefficient (Wildman–Crippen LogP) is 10.8. The smallest absolute Gasteiger partial charge is 0.294 e. The molecule has 5 aromatic rings. The fourth-order valence-corrected chi connectivity index (χ4v) is 9.97. The number of anilines is 1. The number of amidine groups is 1. The molecule has 8 rings (SSSR count). The zero-order chi connectivity index (χ0) is 36.5. The highest BCUT2D eigenvalue weighted by atomic mass is 15.6. The molecule has 0 aliphatic carbocycles. The summed E-state index contributed by atoms with van der Waals surface area (Å²) in [6, 6.07) is 32.4.